The maximum absolute atomic E-state index is 2.60. The molecule has 1 aliphatic carbocycles. The molecule has 0 radical (unpaired) electrons. The average Bonchev–Trinajstić information content (AvgIpc) is 2.76. The van der Waals surface area contributed by atoms with Gasteiger partial charge in [-0.05, 0) is 51.1 Å². The summed E-state index contributed by atoms with van der Waals surface area (Å²) in [6.07, 6.45) is 5.83. The Morgan fingerprint density at radius 3 is 2.50 bits per heavy atom. The summed E-state index contributed by atoms with van der Waals surface area (Å²) < 4.78 is 0. The number of piperidine rings is 1. The lowest BCUT2D eigenvalue weighted by Gasteiger charge is -2.39. The minimum Gasteiger partial charge on any atom is -0.301 e. The molecule has 0 aromatic carbocycles. The molecule has 2 fully saturated rings. The molecule has 0 bridgehead atoms. The van der Waals surface area contributed by atoms with E-state index in [1.54, 1.807) is 0 Å². The summed E-state index contributed by atoms with van der Waals surface area (Å²) >= 11 is 0. The van der Waals surface area contributed by atoms with Crippen LogP contribution < -0.4 is 0 Å². The van der Waals surface area contributed by atoms with Gasteiger partial charge in [-0.1, -0.05) is 13.8 Å². The highest BCUT2D eigenvalue weighted by molar-refractivity contribution is 5.06. The number of rotatable bonds is 1. The molecular formula is C11H21N. The van der Waals surface area contributed by atoms with Crippen molar-refractivity contribution < 1.29 is 0 Å². The van der Waals surface area contributed by atoms with Gasteiger partial charge in [0.25, 0.3) is 0 Å². The molecule has 0 N–H and O–H groups in total. The van der Waals surface area contributed by atoms with Crippen molar-refractivity contribution in [2.75, 3.05) is 13.6 Å². The van der Waals surface area contributed by atoms with Crippen LogP contribution in [0.15, 0.2) is 0 Å². The molecule has 0 aromatic rings. The van der Waals surface area contributed by atoms with Crippen molar-refractivity contribution in [3.05, 3.63) is 0 Å². The van der Waals surface area contributed by atoms with Crippen LogP contribution in [0.2, 0.25) is 0 Å². The topological polar surface area (TPSA) is 3.24 Å². The summed E-state index contributed by atoms with van der Waals surface area (Å²) in [6, 6.07) is 0. The maximum Gasteiger partial charge on any atom is 0.0210 e. The zero-order chi connectivity index (χ0) is 8.77. The van der Waals surface area contributed by atoms with Gasteiger partial charge in [-0.3, -0.25) is 0 Å². The van der Waals surface area contributed by atoms with Crippen LogP contribution in [0, 0.1) is 11.8 Å². The predicted molar refractivity (Wildman–Crippen MR) is 52.2 cm³/mol. The van der Waals surface area contributed by atoms with Crippen molar-refractivity contribution in [2.45, 2.75) is 45.1 Å². The predicted octanol–water partition coefficient (Wildman–Crippen LogP) is 2.52. The van der Waals surface area contributed by atoms with Crippen LogP contribution >= 0.6 is 0 Å². The third-order valence-corrected chi connectivity index (χ3v) is 4.06. The molecule has 1 spiro atoms. The van der Waals surface area contributed by atoms with Crippen molar-refractivity contribution in [3.63, 3.8) is 0 Å². The fraction of sp³-hybridized carbons (Fsp3) is 1.00. The molecule has 12 heavy (non-hydrogen) atoms. The first-order valence-corrected chi connectivity index (χ1v) is 5.35. The van der Waals surface area contributed by atoms with E-state index in [4.69, 9.17) is 0 Å². The molecule has 1 aliphatic heterocycles. The van der Waals surface area contributed by atoms with E-state index in [0.29, 0.717) is 5.54 Å². The van der Waals surface area contributed by atoms with Gasteiger partial charge in [-0.25, -0.2) is 0 Å². The van der Waals surface area contributed by atoms with Crippen molar-refractivity contribution in [1.82, 2.24) is 4.90 Å². The number of hydrogen-bond acceptors (Lipinski definition) is 1. The van der Waals surface area contributed by atoms with E-state index in [1.165, 1.54) is 32.2 Å². The highest BCUT2D eigenvalue weighted by Crippen LogP contribution is 2.50. The van der Waals surface area contributed by atoms with Gasteiger partial charge in [0.2, 0.25) is 0 Å². The van der Waals surface area contributed by atoms with E-state index in [1.807, 2.05) is 0 Å². The summed E-state index contributed by atoms with van der Waals surface area (Å²) in [5, 5.41) is 0. The lowest BCUT2D eigenvalue weighted by molar-refractivity contribution is 0.101. The first-order chi connectivity index (χ1) is 5.64. The van der Waals surface area contributed by atoms with Crippen molar-refractivity contribution in [1.29, 1.82) is 0 Å². The Kier molecular flexibility index (Phi) is 1.95. The van der Waals surface area contributed by atoms with E-state index in [-0.39, 0.29) is 0 Å². The highest BCUT2D eigenvalue weighted by atomic mass is 15.2. The Morgan fingerprint density at radius 1 is 1.33 bits per heavy atom. The Morgan fingerprint density at radius 2 is 2.00 bits per heavy atom. The van der Waals surface area contributed by atoms with Crippen molar-refractivity contribution in [2.24, 2.45) is 11.8 Å². The SMILES string of the molecule is CC(C)C1CCN(C)C2(CC2)C1. The van der Waals surface area contributed by atoms with Crippen LogP contribution in [0.4, 0.5) is 0 Å². The van der Waals surface area contributed by atoms with E-state index in [9.17, 15) is 0 Å². The Labute approximate surface area is 76.1 Å². The second-order valence-corrected chi connectivity index (χ2v) is 5.14. The Hall–Kier alpha value is -0.0400. The van der Waals surface area contributed by atoms with Gasteiger partial charge in [-0.15, -0.1) is 0 Å². The minimum atomic E-state index is 0.674. The number of hydrogen-bond donors (Lipinski definition) is 0. The molecule has 2 rings (SSSR count). The Balaban J connectivity index is 1.99. The standard InChI is InChI=1S/C11H21N/c1-9(2)10-4-7-12(3)11(8-10)5-6-11/h9-10H,4-8H2,1-3H3. The van der Waals surface area contributed by atoms with Gasteiger partial charge < -0.3 is 4.90 Å². The molecule has 70 valence electrons. The molecule has 1 unspecified atom stereocenters. The van der Waals surface area contributed by atoms with Crippen molar-refractivity contribution in [3.8, 4) is 0 Å². The van der Waals surface area contributed by atoms with Crippen LogP contribution in [0.5, 0.6) is 0 Å². The average molecular weight is 167 g/mol. The fourth-order valence-electron chi connectivity index (χ4n) is 2.64. The van der Waals surface area contributed by atoms with E-state index >= 15 is 0 Å². The summed E-state index contributed by atoms with van der Waals surface area (Å²) in [4.78, 5) is 2.60. The Bertz CT molecular complexity index is 170. The molecule has 1 atom stereocenters. The van der Waals surface area contributed by atoms with E-state index < -0.39 is 0 Å². The van der Waals surface area contributed by atoms with Crippen LogP contribution in [0.3, 0.4) is 0 Å². The lowest BCUT2D eigenvalue weighted by atomic mass is 9.82. The maximum atomic E-state index is 2.60. The largest absolute Gasteiger partial charge is 0.301 e. The van der Waals surface area contributed by atoms with Crippen molar-refractivity contribution >= 4 is 0 Å². The third kappa shape index (κ3) is 1.28. The van der Waals surface area contributed by atoms with Gasteiger partial charge in [0, 0.05) is 5.54 Å². The fourth-order valence-corrected chi connectivity index (χ4v) is 2.64. The molecule has 1 saturated carbocycles. The first kappa shape index (κ1) is 8.55. The summed E-state index contributed by atoms with van der Waals surface area (Å²) in [5.41, 5.74) is 0.674. The van der Waals surface area contributed by atoms with Gasteiger partial charge in [0.1, 0.15) is 0 Å². The smallest absolute Gasteiger partial charge is 0.0210 e. The second-order valence-electron chi connectivity index (χ2n) is 5.14. The molecule has 2 aliphatic rings. The second kappa shape index (κ2) is 2.73. The molecule has 1 heteroatoms. The van der Waals surface area contributed by atoms with Crippen LogP contribution in [0.25, 0.3) is 0 Å². The van der Waals surface area contributed by atoms with Gasteiger partial charge in [0.15, 0.2) is 0 Å². The number of likely N-dealkylation sites (tertiary alicyclic amines) is 1. The quantitative estimate of drug-likeness (QED) is 0.580. The summed E-state index contributed by atoms with van der Waals surface area (Å²) in [7, 11) is 2.31. The molecule has 1 nitrogen and oxygen atoms in total. The van der Waals surface area contributed by atoms with Crippen LogP contribution in [-0.4, -0.2) is 24.0 Å². The molecule has 1 saturated heterocycles. The third-order valence-electron chi connectivity index (χ3n) is 4.06. The highest BCUT2D eigenvalue weighted by Gasteiger charge is 2.49. The summed E-state index contributed by atoms with van der Waals surface area (Å²) in [5.74, 6) is 1.90. The lowest BCUT2D eigenvalue weighted by Crippen LogP contribution is -2.42. The first-order valence-electron chi connectivity index (χ1n) is 5.35. The van der Waals surface area contributed by atoms with Crippen LogP contribution in [0.1, 0.15) is 39.5 Å². The minimum absolute atomic E-state index is 0.674. The summed E-state index contributed by atoms with van der Waals surface area (Å²) in [6.45, 7) is 6.10. The van der Waals surface area contributed by atoms with Gasteiger partial charge >= 0.3 is 0 Å². The molecule has 0 aromatic heterocycles. The van der Waals surface area contributed by atoms with E-state index in [0.717, 1.165) is 11.8 Å². The van der Waals surface area contributed by atoms with Gasteiger partial charge in [0.05, 0.1) is 0 Å². The number of nitrogens with zero attached hydrogens (tertiary/aromatic N) is 1. The van der Waals surface area contributed by atoms with Gasteiger partial charge in [-0.2, -0.15) is 0 Å². The zero-order valence-electron chi connectivity index (χ0n) is 8.64. The van der Waals surface area contributed by atoms with Crippen LogP contribution in [-0.2, 0) is 0 Å². The zero-order valence-corrected chi connectivity index (χ0v) is 8.64. The molecular weight excluding hydrogens is 146 g/mol. The molecule has 1 heterocycles. The molecule has 0 amide bonds. The monoisotopic (exact) mass is 167 g/mol. The van der Waals surface area contributed by atoms with E-state index in [2.05, 4.69) is 25.8 Å². The normalized spacial score (nSPS) is 34.5.